The van der Waals surface area contributed by atoms with Gasteiger partial charge in [0.15, 0.2) is 0 Å². The largest absolute Gasteiger partial charge is 0.192 e. The van der Waals surface area contributed by atoms with Gasteiger partial charge in [0, 0.05) is 10.3 Å². The molecule has 1 nitrogen and oxygen atoms in total. The number of nitrogens with zero attached hydrogens (tertiary/aromatic N) is 1. The monoisotopic (exact) mass is 191 g/mol. The molecule has 1 unspecified atom stereocenters. The van der Waals surface area contributed by atoms with Crippen LogP contribution in [0.4, 0.5) is 0 Å². The van der Waals surface area contributed by atoms with Gasteiger partial charge in [0.05, 0.1) is 5.56 Å². The smallest absolute Gasteiger partial charge is 0.100 e. The third kappa shape index (κ3) is 1.49. The van der Waals surface area contributed by atoms with Gasteiger partial charge in [-0.25, -0.2) is 0 Å². The second kappa shape index (κ2) is 3.51. The lowest BCUT2D eigenvalue weighted by Crippen LogP contribution is -2.11. The van der Waals surface area contributed by atoms with Crippen LogP contribution < -0.4 is 0 Å². The number of hydrogen-bond acceptors (Lipinski definition) is 2. The Balaban J connectivity index is 2.29. The molecule has 1 aliphatic rings. The Kier molecular flexibility index (Phi) is 2.37. The van der Waals surface area contributed by atoms with Crippen molar-refractivity contribution in [2.24, 2.45) is 5.92 Å². The van der Waals surface area contributed by atoms with Crippen molar-refractivity contribution in [3.05, 3.63) is 21.4 Å². The molecule has 13 heavy (non-hydrogen) atoms. The molecule has 0 radical (unpaired) electrons. The van der Waals surface area contributed by atoms with E-state index in [4.69, 9.17) is 5.26 Å². The highest BCUT2D eigenvalue weighted by Gasteiger charge is 2.21. The lowest BCUT2D eigenvalue weighted by atomic mass is 9.86. The first-order valence-electron chi connectivity index (χ1n) is 4.84. The van der Waals surface area contributed by atoms with Crippen molar-refractivity contribution in [1.82, 2.24) is 0 Å². The molecule has 0 aromatic carbocycles. The van der Waals surface area contributed by atoms with E-state index in [1.165, 1.54) is 29.7 Å². The second-order valence-electron chi connectivity index (χ2n) is 3.68. The maximum Gasteiger partial charge on any atom is 0.100 e. The van der Waals surface area contributed by atoms with Crippen LogP contribution in [0.5, 0.6) is 0 Å². The summed E-state index contributed by atoms with van der Waals surface area (Å²) in [5, 5.41) is 10.9. The molecule has 0 bridgehead atoms. The Morgan fingerprint density at radius 2 is 2.54 bits per heavy atom. The second-order valence-corrected chi connectivity index (χ2v) is 4.64. The van der Waals surface area contributed by atoms with Gasteiger partial charge < -0.3 is 0 Å². The van der Waals surface area contributed by atoms with Crippen LogP contribution in [0.15, 0.2) is 5.38 Å². The summed E-state index contributed by atoms with van der Waals surface area (Å²) in [5.41, 5.74) is 2.27. The zero-order valence-corrected chi connectivity index (χ0v) is 8.66. The molecule has 0 N–H and O–H groups in total. The summed E-state index contributed by atoms with van der Waals surface area (Å²) in [6.07, 6.45) is 4.88. The molecule has 0 saturated heterocycles. The molecule has 2 heteroatoms. The molecule has 0 aliphatic heterocycles. The fraction of sp³-hybridized carbons (Fsp3) is 0.545. The standard InChI is InChI=1S/C11H13NS/c1-2-8-3-4-10-9(6-12)7-13-11(10)5-8/h7-8H,2-5H2,1H3. The third-order valence-corrected chi connectivity index (χ3v) is 4.01. The lowest BCUT2D eigenvalue weighted by Gasteiger charge is -2.20. The Labute approximate surface area is 83.0 Å². The quantitative estimate of drug-likeness (QED) is 0.669. The van der Waals surface area contributed by atoms with Gasteiger partial charge in [0.2, 0.25) is 0 Å². The SMILES string of the molecule is CCC1CCc2c(C#N)csc2C1. The van der Waals surface area contributed by atoms with Gasteiger partial charge in [-0.15, -0.1) is 11.3 Å². The van der Waals surface area contributed by atoms with Crippen molar-refractivity contribution in [3.8, 4) is 6.07 Å². The van der Waals surface area contributed by atoms with Crippen LogP contribution in [0.2, 0.25) is 0 Å². The summed E-state index contributed by atoms with van der Waals surface area (Å²) >= 11 is 1.77. The van der Waals surface area contributed by atoms with Crippen LogP contribution in [0.1, 0.15) is 35.8 Å². The average Bonchev–Trinajstić information content (AvgIpc) is 2.59. The van der Waals surface area contributed by atoms with Gasteiger partial charge >= 0.3 is 0 Å². The van der Waals surface area contributed by atoms with E-state index < -0.39 is 0 Å². The fourth-order valence-electron chi connectivity index (χ4n) is 2.02. The number of fused-ring (bicyclic) bond motifs is 1. The lowest BCUT2D eigenvalue weighted by molar-refractivity contribution is 0.450. The Bertz CT molecular complexity index is 345. The van der Waals surface area contributed by atoms with E-state index in [2.05, 4.69) is 13.0 Å². The van der Waals surface area contributed by atoms with Crippen LogP contribution in [0.3, 0.4) is 0 Å². The number of nitriles is 1. The first-order valence-corrected chi connectivity index (χ1v) is 5.72. The normalized spacial score (nSPS) is 20.8. The average molecular weight is 191 g/mol. The minimum Gasteiger partial charge on any atom is -0.192 e. The zero-order valence-electron chi connectivity index (χ0n) is 7.84. The highest BCUT2D eigenvalue weighted by Crippen LogP contribution is 2.33. The molecule has 2 rings (SSSR count). The van der Waals surface area contributed by atoms with Crippen LogP contribution in [0.25, 0.3) is 0 Å². The topological polar surface area (TPSA) is 23.8 Å². The Morgan fingerprint density at radius 3 is 3.23 bits per heavy atom. The van der Waals surface area contributed by atoms with Gasteiger partial charge in [0.1, 0.15) is 6.07 Å². The molecule has 0 amide bonds. The van der Waals surface area contributed by atoms with Crippen LogP contribution in [-0.4, -0.2) is 0 Å². The van der Waals surface area contributed by atoms with E-state index in [-0.39, 0.29) is 0 Å². The van der Waals surface area contributed by atoms with Crippen molar-refractivity contribution in [2.45, 2.75) is 32.6 Å². The number of thiophene rings is 1. The zero-order chi connectivity index (χ0) is 9.26. The van der Waals surface area contributed by atoms with Gasteiger partial charge in [-0.1, -0.05) is 13.3 Å². The van der Waals surface area contributed by atoms with Crippen molar-refractivity contribution in [2.75, 3.05) is 0 Å². The van der Waals surface area contributed by atoms with E-state index in [0.717, 1.165) is 17.9 Å². The Morgan fingerprint density at radius 1 is 1.69 bits per heavy atom. The molecular formula is C11H13NS. The summed E-state index contributed by atoms with van der Waals surface area (Å²) in [5.74, 6) is 0.859. The number of rotatable bonds is 1. The molecule has 0 fully saturated rings. The number of hydrogen-bond donors (Lipinski definition) is 0. The summed E-state index contributed by atoms with van der Waals surface area (Å²) < 4.78 is 0. The summed E-state index contributed by atoms with van der Waals surface area (Å²) in [7, 11) is 0. The van der Waals surface area contributed by atoms with E-state index in [1.54, 1.807) is 11.3 Å². The van der Waals surface area contributed by atoms with Gasteiger partial charge in [-0.05, 0) is 30.7 Å². The molecule has 0 saturated carbocycles. The molecule has 68 valence electrons. The van der Waals surface area contributed by atoms with Gasteiger partial charge in [0.25, 0.3) is 0 Å². The van der Waals surface area contributed by atoms with Crippen molar-refractivity contribution < 1.29 is 0 Å². The summed E-state index contributed by atoms with van der Waals surface area (Å²) in [4.78, 5) is 1.47. The summed E-state index contributed by atoms with van der Waals surface area (Å²) in [6, 6.07) is 2.28. The molecule has 1 aliphatic carbocycles. The fourth-order valence-corrected chi connectivity index (χ4v) is 3.16. The highest BCUT2D eigenvalue weighted by atomic mass is 32.1. The van der Waals surface area contributed by atoms with Gasteiger partial charge in [-0.3, -0.25) is 0 Å². The van der Waals surface area contributed by atoms with E-state index >= 15 is 0 Å². The van der Waals surface area contributed by atoms with Crippen molar-refractivity contribution in [3.63, 3.8) is 0 Å². The first kappa shape index (κ1) is 8.77. The van der Waals surface area contributed by atoms with E-state index in [1.807, 2.05) is 5.38 Å². The molecule has 0 spiro atoms. The predicted octanol–water partition coefficient (Wildman–Crippen LogP) is 3.13. The molecular weight excluding hydrogens is 178 g/mol. The van der Waals surface area contributed by atoms with E-state index in [0.29, 0.717) is 0 Å². The molecule has 1 aromatic heterocycles. The molecule has 1 atom stereocenters. The highest BCUT2D eigenvalue weighted by molar-refractivity contribution is 7.10. The van der Waals surface area contributed by atoms with E-state index in [9.17, 15) is 0 Å². The van der Waals surface area contributed by atoms with Crippen LogP contribution in [-0.2, 0) is 12.8 Å². The minimum absolute atomic E-state index is 0.859. The van der Waals surface area contributed by atoms with Crippen LogP contribution >= 0.6 is 11.3 Å². The predicted molar refractivity (Wildman–Crippen MR) is 54.8 cm³/mol. The first-order chi connectivity index (χ1) is 6.35. The summed E-state index contributed by atoms with van der Waals surface area (Å²) in [6.45, 7) is 2.26. The molecule has 1 heterocycles. The van der Waals surface area contributed by atoms with Gasteiger partial charge in [-0.2, -0.15) is 5.26 Å². The van der Waals surface area contributed by atoms with Crippen molar-refractivity contribution >= 4 is 11.3 Å². The maximum absolute atomic E-state index is 8.86. The van der Waals surface area contributed by atoms with Crippen LogP contribution in [0, 0.1) is 17.2 Å². The maximum atomic E-state index is 8.86. The minimum atomic E-state index is 0.859. The Hall–Kier alpha value is -0.810. The third-order valence-electron chi connectivity index (χ3n) is 2.96. The van der Waals surface area contributed by atoms with Crippen molar-refractivity contribution in [1.29, 1.82) is 5.26 Å². The molecule has 1 aromatic rings.